The lowest BCUT2D eigenvalue weighted by atomic mass is 9.94. The van der Waals surface area contributed by atoms with Crippen LogP contribution in [0.2, 0.25) is 10.0 Å². The van der Waals surface area contributed by atoms with Crippen molar-refractivity contribution in [2.75, 3.05) is 13.6 Å². The maximum atomic E-state index is 13.5. The Morgan fingerprint density at radius 2 is 1.81 bits per heavy atom. The predicted octanol–water partition coefficient (Wildman–Crippen LogP) is 0.841. The molecule has 0 aliphatic rings. The number of hydrogen-bond acceptors (Lipinski definition) is 5. The first-order valence-electron chi connectivity index (χ1n) is 11.0. The summed E-state index contributed by atoms with van der Waals surface area (Å²) in [6.45, 7) is 1.78. The normalized spacial score (nSPS) is 14.5. The first kappa shape index (κ1) is 29.5. The van der Waals surface area contributed by atoms with Crippen LogP contribution < -0.4 is 26.8 Å². The molecule has 2 atom stereocenters. The number of carbonyl (C=O) groups is 2. The van der Waals surface area contributed by atoms with Gasteiger partial charge in [0.2, 0.25) is 15.9 Å². The molecule has 13 heteroatoms. The Bertz CT molecular complexity index is 1210. The third-order valence-corrected chi connectivity index (χ3v) is 7.77. The highest BCUT2D eigenvalue weighted by Crippen LogP contribution is 2.26. The number of guanidine groups is 1. The van der Waals surface area contributed by atoms with Gasteiger partial charge >= 0.3 is 5.91 Å². The van der Waals surface area contributed by atoms with E-state index in [4.69, 9.17) is 28.9 Å². The van der Waals surface area contributed by atoms with Crippen LogP contribution in [0.1, 0.15) is 25.3 Å². The summed E-state index contributed by atoms with van der Waals surface area (Å²) in [5.41, 5.74) is 8.28. The number of benzene rings is 2. The van der Waals surface area contributed by atoms with Gasteiger partial charge < -0.3 is 16.4 Å². The van der Waals surface area contributed by atoms with Gasteiger partial charge in [-0.2, -0.15) is 4.72 Å². The van der Waals surface area contributed by atoms with E-state index in [1.54, 1.807) is 0 Å². The molecule has 2 aromatic rings. The molecule has 0 fully saturated rings. The Morgan fingerprint density at radius 1 is 1.14 bits per heavy atom. The van der Waals surface area contributed by atoms with Gasteiger partial charge in [0.05, 0.1) is 14.9 Å². The zero-order valence-electron chi connectivity index (χ0n) is 20.1. The molecule has 0 aromatic heterocycles. The molecule has 2 aromatic carbocycles. The highest BCUT2D eigenvalue weighted by molar-refractivity contribution is 7.89. The standard InChI is InChI=1S/C23H30Cl2N6O4S/c1-23(11-6-12-29-22(27)28-2,31-36(34,35)16-9-10-17(24)18(25)14-16)21(33)30-19(20(26)32)13-15-7-4-3-5-8-15/h3-5,7-10,14,19,31H,6,11-13H2,1-2H3,(H2,26,32)(H,30,33)(H3,27,28,29)/p+1/t19-,23?/m0/s1. The topological polar surface area (TPSA) is 170 Å². The molecular weight excluding hydrogens is 527 g/mol. The number of sulfonamides is 1. The largest absolute Gasteiger partial charge is 0.370 e. The van der Waals surface area contributed by atoms with Crippen molar-refractivity contribution in [2.45, 2.75) is 42.7 Å². The molecule has 10 nitrogen and oxygen atoms in total. The van der Waals surface area contributed by atoms with E-state index in [1.807, 2.05) is 30.3 Å². The van der Waals surface area contributed by atoms with E-state index in [0.717, 1.165) is 5.56 Å². The van der Waals surface area contributed by atoms with Gasteiger partial charge in [-0.25, -0.2) is 13.2 Å². The van der Waals surface area contributed by atoms with Gasteiger partial charge in [0.15, 0.2) is 5.96 Å². The van der Waals surface area contributed by atoms with Crippen LogP contribution in [0.5, 0.6) is 0 Å². The monoisotopic (exact) mass is 557 g/mol. The van der Waals surface area contributed by atoms with Gasteiger partial charge in [0.25, 0.3) is 0 Å². The van der Waals surface area contributed by atoms with E-state index < -0.39 is 33.4 Å². The second kappa shape index (κ2) is 13.0. The Hall–Kier alpha value is -2.70. The summed E-state index contributed by atoms with van der Waals surface area (Å²) in [4.78, 5) is 29.3. The molecule has 2 amide bonds. The summed E-state index contributed by atoms with van der Waals surface area (Å²) in [5.74, 6) is -0.972. The minimum atomic E-state index is -4.20. The van der Waals surface area contributed by atoms with E-state index in [1.165, 1.54) is 32.2 Å². The molecule has 0 heterocycles. The molecule has 0 bridgehead atoms. The minimum absolute atomic E-state index is 0.0507. The predicted molar refractivity (Wildman–Crippen MR) is 140 cm³/mol. The van der Waals surface area contributed by atoms with Crippen LogP contribution >= 0.6 is 23.2 Å². The number of hydrogen-bond donors (Lipinski definition) is 5. The number of quaternary nitrogens is 1. The first-order chi connectivity index (χ1) is 16.9. The van der Waals surface area contributed by atoms with Gasteiger partial charge in [-0.05, 0) is 43.5 Å². The van der Waals surface area contributed by atoms with E-state index in [2.05, 4.69) is 26.1 Å². The number of amides is 2. The fourth-order valence-corrected chi connectivity index (χ4v) is 5.15. The van der Waals surface area contributed by atoms with Crippen LogP contribution in [0.15, 0.2) is 58.4 Å². The Kier molecular flexibility index (Phi) is 10.7. The molecule has 8 N–H and O–H groups in total. The molecule has 36 heavy (non-hydrogen) atoms. The van der Waals surface area contributed by atoms with Gasteiger partial charge in [-0.3, -0.25) is 15.5 Å². The van der Waals surface area contributed by atoms with Gasteiger partial charge in [0, 0.05) is 20.0 Å². The van der Waals surface area contributed by atoms with Crippen LogP contribution in [0.3, 0.4) is 0 Å². The fraction of sp³-hybridized carbons (Fsp3) is 0.348. The molecule has 1 unspecified atom stereocenters. The maximum Gasteiger partial charge on any atom is 0.331 e. The Balaban J connectivity index is 2.30. The lowest BCUT2D eigenvalue weighted by molar-refractivity contribution is -0.308. The molecule has 196 valence electrons. The van der Waals surface area contributed by atoms with Gasteiger partial charge in [-0.1, -0.05) is 53.5 Å². The van der Waals surface area contributed by atoms with Crippen molar-refractivity contribution in [3.8, 4) is 0 Å². The lowest BCUT2D eigenvalue weighted by Gasteiger charge is -2.31. The number of halogens is 2. The zero-order chi connectivity index (χ0) is 26.9. The number of nitrogens with one attached hydrogen (secondary N) is 3. The number of aliphatic imine (C=N–C) groups is 1. The van der Waals surface area contributed by atoms with E-state index in [9.17, 15) is 18.0 Å². The SMILES string of the molecule is CN=C(N)NCCCC(C)(NS(=O)(=O)c1ccc(Cl)c(Cl)c1)C(=O)N[C@@H](Cc1ccccc1)C([NH3+])=O. The number of carbonyl (C=O) groups excluding carboxylic acids is 2. The van der Waals surface area contributed by atoms with E-state index in [-0.39, 0.29) is 33.7 Å². The summed E-state index contributed by atoms with van der Waals surface area (Å²) < 4.78 is 28.9. The highest BCUT2D eigenvalue weighted by Gasteiger charge is 2.39. The maximum absolute atomic E-state index is 13.5. The molecule has 0 radical (unpaired) electrons. The van der Waals surface area contributed by atoms with Crippen LogP contribution in [0, 0.1) is 0 Å². The van der Waals surface area contributed by atoms with Crippen molar-refractivity contribution in [2.24, 2.45) is 10.7 Å². The summed E-state index contributed by atoms with van der Waals surface area (Å²) in [6, 6.07) is 12.0. The molecule has 0 saturated carbocycles. The first-order valence-corrected chi connectivity index (χ1v) is 13.3. The average Bonchev–Trinajstić information content (AvgIpc) is 2.83. The van der Waals surface area contributed by atoms with Crippen molar-refractivity contribution >= 4 is 51.0 Å². The second-order valence-electron chi connectivity index (χ2n) is 8.33. The van der Waals surface area contributed by atoms with E-state index in [0.29, 0.717) is 13.0 Å². The number of nitrogens with zero attached hydrogens (tertiary/aromatic N) is 1. The third kappa shape index (κ3) is 8.45. The van der Waals surface area contributed by atoms with Crippen molar-refractivity contribution in [1.29, 1.82) is 0 Å². The number of nitrogens with two attached hydrogens (primary N) is 1. The number of rotatable bonds is 12. The quantitative estimate of drug-likeness (QED) is 0.147. The van der Waals surface area contributed by atoms with Gasteiger partial charge in [0.1, 0.15) is 11.6 Å². The molecule has 0 aliphatic carbocycles. The highest BCUT2D eigenvalue weighted by atomic mass is 35.5. The van der Waals surface area contributed by atoms with Crippen molar-refractivity contribution in [1.82, 2.24) is 15.4 Å². The summed E-state index contributed by atoms with van der Waals surface area (Å²) in [5, 5.41) is 5.77. The van der Waals surface area contributed by atoms with Crippen molar-refractivity contribution in [3.05, 3.63) is 64.1 Å². The van der Waals surface area contributed by atoms with Gasteiger partial charge in [-0.15, -0.1) is 0 Å². The second-order valence-corrected chi connectivity index (χ2v) is 10.8. The molecule has 0 spiro atoms. The molecular formula is C23H31Cl2N6O4S+. The third-order valence-electron chi connectivity index (χ3n) is 5.44. The Labute approximate surface area is 220 Å². The van der Waals surface area contributed by atoms with Crippen molar-refractivity contribution < 1.29 is 23.7 Å². The van der Waals surface area contributed by atoms with Crippen LogP contribution in [0.4, 0.5) is 0 Å². The smallest absolute Gasteiger partial charge is 0.331 e. The van der Waals surface area contributed by atoms with Crippen LogP contribution in [-0.2, 0) is 26.0 Å². The average molecular weight is 559 g/mol. The molecule has 0 aliphatic heterocycles. The Morgan fingerprint density at radius 3 is 2.39 bits per heavy atom. The fourth-order valence-electron chi connectivity index (χ4n) is 3.36. The van der Waals surface area contributed by atoms with Crippen molar-refractivity contribution in [3.63, 3.8) is 0 Å². The van der Waals surface area contributed by atoms with Crippen LogP contribution in [0.25, 0.3) is 0 Å². The summed E-state index contributed by atoms with van der Waals surface area (Å²) >= 11 is 11.9. The molecule has 0 saturated heterocycles. The lowest BCUT2D eigenvalue weighted by Crippen LogP contribution is -2.69. The van der Waals surface area contributed by atoms with Crippen LogP contribution in [-0.4, -0.2) is 51.4 Å². The van der Waals surface area contributed by atoms with E-state index >= 15 is 0 Å². The minimum Gasteiger partial charge on any atom is -0.370 e. The molecule has 2 rings (SSSR count). The summed E-state index contributed by atoms with van der Waals surface area (Å²) in [7, 11) is -2.68. The zero-order valence-corrected chi connectivity index (χ0v) is 22.4. The summed E-state index contributed by atoms with van der Waals surface area (Å²) in [6.07, 6.45) is 0.633.